The molecule has 15 heteroatoms. The molecule has 0 heterocycles. The number of sulfone groups is 2. The molecule has 0 amide bonds. The fraction of sp³-hybridized carbons (Fsp3) is 0.385. The van der Waals surface area contributed by atoms with Crippen LogP contribution in [0.25, 0.3) is 0 Å². The molecule has 0 fully saturated rings. The molecule has 0 atom stereocenters. The van der Waals surface area contributed by atoms with E-state index in [1.165, 1.54) is 12.1 Å². The van der Waals surface area contributed by atoms with Gasteiger partial charge in [-0.25, -0.2) is 16.8 Å². The van der Waals surface area contributed by atoms with Crippen LogP contribution >= 0.6 is 43.5 Å². The molecule has 0 radical (unpaired) electrons. The van der Waals surface area contributed by atoms with Crippen molar-refractivity contribution in [3.63, 3.8) is 0 Å². The summed E-state index contributed by atoms with van der Waals surface area (Å²) in [6, 6.07) is 23.9. The lowest BCUT2D eigenvalue weighted by molar-refractivity contribution is -0.0573. The van der Waals surface area contributed by atoms with Gasteiger partial charge in [0.2, 0.25) is 0 Å². The molecule has 0 aliphatic heterocycles. The van der Waals surface area contributed by atoms with Crippen LogP contribution in [0, 0.1) is 0 Å². The molecule has 4 rings (SSSR count). The topological polar surface area (TPSA) is 135 Å². The van der Waals surface area contributed by atoms with Gasteiger partial charge in [0, 0.05) is 23.6 Å². The van der Waals surface area contributed by atoms with Crippen LogP contribution in [-0.2, 0) is 47.1 Å². The van der Waals surface area contributed by atoms with Crippen molar-refractivity contribution < 1.29 is 47.1 Å². The number of halogens is 3. The molecule has 0 saturated heterocycles. The molecule has 10 nitrogen and oxygen atoms in total. The Morgan fingerprint density at radius 3 is 1.37 bits per heavy atom. The van der Waals surface area contributed by atoms with E-state index in [1.807, 2.05) is 32.0 Å². The number of aliphatic hydroxyl groups excluding tert-OH is 1. The second-order valence-electron chi connectivity index (χ2n) is 11.6. The van der Waals surface area contributed by atoms with Crippen LogP contribution in [0.3, 0.4) is 0 Å². The largest absolute Gasteiger partial charge is 0.457 e. The number of hydrogen-bond donors (Lipinski definition) is 1. The highest BCUT2D eigenvalue weighted by molar-refractivity contribution is 9.10. The predicted octanol–water partition coefficient (Wildman–Crippen LogP) is 11.0. The van der Waals surface area contributed by atoms with Gasteiger partial charge in [0.25, 0.3) is 0 Å². The SMILES string of the molecule is C.CC(C)S(=O)(=O)c1ccc(Oc2ccc(Br)c(CO)c2)cc1.CCOCCl.CCOCOCc1cc(Oc2ccc(S(=O)(=O)C(C)C)cc2)ccc1Br.[2HH]. The van der Waals surface area contributed by atoms with Gasteiger partial charge in [-0.1, -0.05) is 50.9 Å². The summed E-state index contributed by atoms with van der Waals surface area (Å²) in [6.07, 6.45) is 0. The van der Waals surface area contributed by atoms with Gasteiger partial charge in [-0.05, 0) is 138 Å². The molecule has 0 aliphatic rings. The fourth-order valence-corrected chi connectivity index (χ4v) is 7.05. The van der Waals surface area contributed by atoms with E-state index in [9.17, 15) is 21.9 Å². The smallest absolute Gasteiger partial charge is 0.180 e. The quantitative estimate of drug-likeness (QED) is 0.0657. The summed E-state index contributed by atoms with van der Waals surface area (Å²) in [5.74, 6) is 2.32. The first kappa shape index (κ1) is 49.5. The Morgan fingerprint density at radius 2 is 1.02 bits per heavy atom. The van der Waals surface area contributed by atoms with Crippen molar-refractivity contribution in [2.24, 2.45) is 0 Å². The molecule has 4 aromatic rings. The zero-order chi connectivity index (χ0) is 39.6. The van der Waals surface area contributed by atoms with E-state index in [1.54, 1.807) is 82.3 Å². The van der Waals surface area contributed by atoms with Crippen molar-refractivity contribution in [1.29, 1.82) is 0 Å². The number of ether oxygens (including phenoxy) is 5. The van der Waals surface area contributed by atoms with E-state index in [-0.39, 0.29) is 27.1 Å². The Kier molecular flexibility index (Phi) is 22.8. The minimum absolute atomic E-state index is 0. The van der Waals surface area contributed by atoms with Gasteiger partial charge in [-0.2, -0.15) is 0 Å². The van der Waals surface area contributed by atoms with Gasteiger partial charge in [0.1, 0.15) is 35.9 Å². The summed E-state index contributed by atoms with van der Waals surface area (Å²) < 4.78 is 76.8. The van der Waals surface area contributed by atoms with Crippen LogP contribution in [0.4, 0.5) is 0 Å². The van der Waals surface area contributed by atoms with Gasteiger partial charge < -0.3 is 28.8 Å². The number of rotatable bonds is 16. The second kappa shape index (κ2) is 24.9. The Bertz CT molecular complexity index is 1910. The zero-order valence-corrected chi connectivity index (χ0v) is 36.1. The average molecular weight is 942 g/mol. The highest BCUT2D eigenvalue weighted by Crippen LogP contribution is 2.30. The van der Waals surface area contributed by atoms with Crippen LogP contribution in [0.15, 0.2) is 104 Å². The summed E-state index contributed by atoms with van der Waals surface area (Å²) in [6.45, 7) is 12.3. The minimum Gasteiger partial charge on any atom is -0.457 e. The molecule has 0 bridgehead atoms. The minimum atomic E-state index is -3.28. The molecule has 302 valence electrons. The van der Waals surface area contributed by atoms with Crippen LogP contribution < -0.4 is 9.47 Å². The number of aliphatic hydroxyl groups is 1. The van der Waals surface area contributed by atoms with E-state index in [0.29, 0.717) is 53.8 Å². The van der Waals surface area contributed by atoms with Crippen molar-refractivity contribution in [2.75, 3.05) is 26.1 Å². The maximum Gasteiger partial charge on any atom is 0.180 e. The normalized spacial score (nSPS) is 11.2. The van der Waals surface area contributed by atoms with Gasteiger partial charge in [0.15, 0.2) is 19.7 Å². The third-order valence-electron chi connectivity index (χ3n) is 7.13. The standard InChI is InChI=1S/C19H23BrO5S.C16H17BrO4S.C3H7ClO.CH4.H2/c1-4-23-13-24-12-15-11-17(7-10-19(15)20)25-16-5-8-18(9-6-16)26(21,22)14(2)3;1-11(2)22(19,20)15-6-3-13(4-7-15)21-14-5-8-16(17)12(9-14)10-18;1-2-5-3-4;;/h5-11,14H,4,12-13H2,1-3H3;3-9,11,18H,10H2,1-2H3;2-3H2,1H3;1H4;1H/i;;;;1+1. The molecule has 1 N–H and O–H groups in total. The molecule has 0 aromatic heterocycles. The summed E-state index contributed by atoms with van der Waals surface area (Å²) in [7, 11) is -6.56. The lowest BCUT2D eigenvalue weighted by Gasteiger charge is -2.11. The number of alkyl halides is 1. The number of hydrogen-bond acceptors (Lipinski definition) is 10. The third kappa shape index (κ3) is 15.9. The van der Waals surface area contributed by atoms with Crippen molar-refractivity contribution in [3.05, 3.63) is 105 Å². The highest BCUT2D eigenvalue weighted by Gasteiger charge is 2.20. The predicted molar refractivity (Wildman–Crippen MR) is 224 cm³/mol. The zero-order valence-electron chi connectivity index (χ0n) is 30.6. The first-order valence-electron chi connectivity index (χ1n) is 16.6. The lowest BCUT2D eigenvalue weighted by Crippen LogP contribution is -2.13. The lowest BCUT2D eigenvalue weighted by atomic mass is 10.2. The van der Waals surface area contributed by atoms with Gasteiger partial charge in [0.05, 0.1) is 33.5 Å². The molecular formula is C39H53Br2ClO10S2. The van der Waals surface area contributed by atoms with Crippen LogP contribution in [0.5, 0.6) is 23.0 Å². The highest BCUT2D eigenvalue weighted by atomic mass is 79.9. The molecule has 0 aliphatic carbocycles. The number of benzene rings is 4. The van der Waals surface area contributed by atoms with Crippen molar-refractivity contribution >= 4 is 63.1 Å². The average Bonchev–Trinajstić information content (AvgIpc) is 3.13. The molecule has 0 spiro atoms. The Morgan fingerprint density at radius 1 is 0.630 bits per heavy atom. The first-order valence-corrected chi connectivity index (χ1v) is 21.8. The van der Waals surface area contributed by atoms with Gasteiger partial charge in [-0.15, -0.1) is 0 Å². The Balaban J connectivity index is 0.000000922. The molecule has 54 heavy (non-hydrogen) atoms. The van der Waals surface area contributed by atoms with E-state index in [0.717, 1.165) is 20.1 Å². The summed E-state index contributed by atoms with van der Waals surface area (Å²) in [4.78, 5) is 0.572. The van der Waals surface area contributed by atoms with Gasteiger partial charge >= 0.3 is 0 Å². The van der Waals surface area contributed by atoms with Crippen molar-refractivity contribution in [2.45, 2.75) is 82.5 Å². The van der Waals surface area contributed by atoms with Crippen molar-refractivity contribution in [1.82, 2.24) is 0 Å². The van der Waals surface area contributed by atoms with Crippen LogP contribution in [-0.4, -0.2) is 58.5 Å². The summed E-state index contributed by atoms with van der Waals surface area (Å²) >= 11 is 11.9. The summed E-state index contributed by atoms with van der Waals surface area (Å²) in [5, 5.41) is 8.32. The van der Waals surface area contributed by atoms with E-state index in [2.05, 4.69) is 36.6 Å². The fourth-order valence-electron chi connectivity index (χ4n) is 4.04. The molecule has 0 saturated carbocycles. The van der Waals surface area contributed by atoms with E-state index in [4.69, 9.17) is 30.5 Å². The maximum absolute atomic E-state index is 12.2. The summed E-state index contributed by atoms with van der Waals surface area (Å²) in [5.41, 5.74) is 1.65. The molecule has 0 unspecified atom stereocenters. The third-order valence-corrected chi connectivity index (χ3v) is 13.2. The van der Waals surface area contributed by atoms with Crippen LogP contribution in [0.2, 0.25) is 0 Å². The van der Waals surface area contributed by atoms with Gasteiger partial charge in [-0.3, -0.25) is 0 Å². The first-order chi connectivity index (χ1) is 25.1. The van der Waals surface area contributed by atoms with Crippen LogP contribution in [0.1, 0.15) is 61.5 Å². The van der Waals surface area contributed by atoms with Crippen molar-refractivity contribution in [3.8, 4) is 23.0 Å². The molecule has 4 aromatic carbocycles. The van der Waals surface area contributed by atoms with E-state index >= 15 is 0 Å². The molecular weight excluding hydrogens is 888 g/mol. The Labute approximate surface area is 344 Å². The van der Waals surface area contributed by atoms with E-state index < -0.39 is 30.2 Å². The second-order valence-corrected chi connectivity index (χ2v) is 18.5. The Hall–Kier alpha value is -2.53. The monoisotopic (exact) mass is 939 g/mol. The maximum atomic E-state index is 12.2.